The van der Waals surface area contributed by atoms with Crippen molar-refractivity contribution in [1.29, 1.82) is 0 Å². The summed E-state index contributed by atoms with van der Waals surface area (Å²) in [6.45, 7) is 0. The van der Waals surface area contributed by atoms with E-state index in [0.717, 1.165) is 25.7 Å². The Morgan fingerprint density at radius 1 is 1.27 bits per heavy atom. The van der Waals surface area contributed by atoms with Gasteiger partial charge in [0.2, 0.25) is 0 Å². The van der Waals surface area contributed by atoms with Crippen LogP contribution in [0.4, 0.5) is 5.82 Å². The molecule has 2 N–H and O–H groups in total. The van der Waals surface area contributed by atoms with Gasteiger partial charge in [-0.1, -0.05) is 24.4 Å². The van der Waals surface area contributed by atoms with E-state index in [-0.39, 0.29) is 12.1 Å². The number of aromatic nitrogens is 2. The largest absolute Gasteiger partial charge is 0.391 e. The molecule has 0 aliphatic heterocycles. The van der Waals surface area contributed by atoms with Gasteiger partial charge in [0.05, 0.1) is 24.5 Å². The minimum atomic E-state index is -0.281. The van der Waals surface area contributed by atoms with Crippen molar-refractivity contribution in [3.05, 3.63) is 17.5 Å². The van der Waals surface area contributed by atoms with Crippen LogP contribution in [0.1, 0.15) is 25.7 Å². The third kappa shape index (κ3) is 2.79. The van der Waals surface area contributed by atoms with E-state index in [2.05, 4.69) is 15.3 Å². The van der Waals surface area contributed by atoms with Crippen LogP contribution in [0.15, 0.2) is 12.4 Å². The molecule has 1 aliphatic rings. The maximum Gasteiger partial charge on any atom is 0.147 e. The van der Waals surface area contributed by atoms with Gasteiger partial charge in [-0.25, -0.2) is 9.97 Å². The maximum absolute atomic E-state index is 9.75. The van der Waals surface area contributed by atoms with Gasteiger partial charge in [0.1, 0.15) is 11.0 Å². The Morgan fingerprint density at radius 3 is 2.73 bits per heavy atom. The number of nitrogens with zero attached hydrogens (tertiary/aromatic N) is 2. The number of hydrogen-bond donors (Lipinski definition) is 2. The molecule has 2 unspecified atom stereocenters. The zero-order valence-corrected chi connectivity index (χ0v) is 9.11. The molecule has 15 heavy (non-hydrogen) atoms. The lowest BCUT2D eigenvalue weighted by molar-refractivity contribution is 0.116. The molecular weight excluding hydrogens is 214 g/mol. The second-order valence-corrected chi connectivity index (χ2v) is 4.21. The van der Waals surface area contributed by atoms with Crippen molar-refractivity contribution < 1.29 is 5.11 Å². The van der Waals surface area contributed by atoms with Crippen molar-refractivity contribution in [2.45, 2.75) is 37.8 Å². The van der Waals surface area contributed by atoms with Crippen LogP contribution < -0.4 is 5.32 Å². The SMILES string of the molecule is OC1CCCCC1Nc1cnc(Cl)cn1. The van der Waals surface area contributed by atoms with E-state index in [9.17, 15) is 5.11 Å². The van der Waals surface area contributed by atoms with Crippen LogP contribution in [-0.2, 0) is 0 Å². The summed E-state index contributed by atoms with van der Waals surface area (Å²) in [7, 11) is 0. The summed E-state index contributed by atoms with van der Waals surface area (Å²) in [5.74, 6) is 0.672. The summed E-state index contributed by atoms with van der Waals surface area (Å²) >= 11 is 5.63. The summed E-state index contributed by atoms with van der Waals surface area (Å²) in [5.41, 5.74) is 0. The van der Waals surface area contributed by atoms with Gasteiger partial charge < -0.3 is 10.4 Å². The second-order valence-electron chi connectivity index (χ2n) is 3.83. The lowest BCUT2D eigenvalue weighted by Crippen LogP contribution is -2.36. The Hall–Kier alpha value is -0.870. The molecule has 1 fully saturated rings. The normalized spacial score (nSPS) is 26.3. The quantitative estimate of drug-likeness (QED) is 0.810. The molecule has 0 bridgehead atoms. The molecule has 1 heterocycles. The fourth-order valence-corrected chi connectivity index (χ4v) is 1.95. The van der Waals surface area contributed by atoms with Crippen molar-refractivity contribution in [3.8, 4) is 0 Å². The molecule has 0 saturated heterocycles. The van der Waals surface area contributed by atoms with Gasteiger partial charge in [-0.3, -0.25) is 0 Å². The minimum absolute atomic E-state index is 0.0919. The van der Waals surface area contributed by atoms with Gasteiger partial charge in [-0.05, 0) is 12.8 Å². The van der Waals surface area contributed by atoms with Crippen LogP contribution >= 0.6 is 11.6 Å². The van der Waals surface area contributed by atoms with Crippen molar-refractivity contribution in [2.24, 2.45) is 0 Å². The van der Waals surface area contributed by atoms with Gasteiger partial charge in [0.25, 0.3) is 0 Å². The average Bonchev–Trinajstić information content (AvgIpc) is 2.25. The highest BCUT2D eigenvalue weighted by atomic mass is 35.5. The molecule has 1 aromatic rings. The molecule has 0 aromatic carbocycles. The summed E-state index contributed by atoms with van der Waals surface area (Å²) in [4.78, 5) is 8.02. The van der Waals surface area contributed by atoms with Crippen molar-refractivity contribution >= 4 is 17.4 Å². The summed E-state index contributed by atoms with van der Waals surface area (Å²) in [5, 5.41) is 13.3. The molecule has 82 valence electrons. The number of halogens is 1. The fraction of sp³-hybridized carbons (Fsp3) is 0.600. The van der Waals surface area contributed by atoms with Crippen LogP contribution in [0.2, 0.25) is 5.15 Å². The first-order chi connectivity index (χ1) is 7.25. The third-order valence-electron chi connectivity index (χ3n) is 2.68. The highest BCUT2D eigenvalue weighted by Crippen LogP contribution is 2.21. The topological polar surface area (TPSA) is 58.0 Å². The summed E-state index contributed by atoms with van der Waals surface area (Å²) in [6.07, 6.45) is 6.89. The average molecular weight is 228 g/mol. The van der Waals surface area contributed by atoms with Crippen molar-refractivity contribution in [2.75, 3.05) is 5.32 Å². The van der Waals surface area contributed by atoms with E-state index < -0.39 is 0 Å². The van der Waals surface area contributed by atoms with Crippen LogP contribution in [0.5, 0.6) is 0 Å². The van der Waals surface area contributed by atoms with Gasteiger partial charge in [0.15, 0.2) is 0 Å². The number of aliphatic hydroxyl groups is 1. The fourth-order valence-electron chi connectivity index (χ4n) is 1.86. The Kier molecular flexibility index (Phi) is 3.38. The van der Waals surface area contributed by atoms with E-state index in [1.165, 1.54) is 6.20 Å². The van der Waals surface area contributed by atoms with Gasteiger partial charge in [-0.2, -0.15) is 0 Å². The lowest BCUT2D eigenvalue weighted by Gasteiger charge is -2.28. The van der Waals surface area contributed by atoms with Gasteiger partial charge in [-0.15, -0.1) is 0 Å². The molecule has 1 aliphatic carbocycles. The summed E-state index contributed by atoms with van der Waals surface area (Å²) in [6, 6.07) is 0.0919. The first kappa shape index (κ1) is 10.6. The van der Waals surface area contributed by atoms with Crippen LogP contribution in [0, 0.1) is 0 Å². The Labute approximate surface area is 93.7 Å². The minimum Gasteiger partial charge on any atom is -0.391 e. The first-order valence-electron chi connectivity index (χ1n) is 5.18. The van der Waals surface area contributed by atoms with Gasteiger partial charge in [0, 0.05) is 0 Å². The zero-order valence-electron chi connectivity index (χ0n) is 8.36. The Morgan fingerprint density at radius 2 is 2.07 bits per heavy atom. The molecule has 4 nitrogen and oxygen atoms in total. The number of anilines is 1. The maximum atomic E-state index is 9.75. The molecule has 1 saturated carbocycles. The first-order valence-corrected chi connectivity index (χ1v) is 5.55. The van der Waals surface area contributed by atoms with Crippen LogP contribution in [0.25, 0.3) is 0 Å². The van der Waals surface area contributed by atoms with Crippen molar-refractivity contribution in [3.63, 3.8) is 0 Å². The van der Waals surface area contributed by atoms with E-state index >= 15 is 0 Å². The molecule has 2 atom stereocenters. The molecule has 0 amide bonds. The molecular formula is C10H14ClN3O. The highest BCUT2D eigenvalue weighted by molar-refractivity contribution is 6.29. The molecule has 0 spiro atoms. The standard InChI is InChI=1S/C10H14ClN3O/c11-9-5-13-10(6-12-9)14-7-3-1-2-4-8(7)15/h5-8,15H,1-4H2,(H,13,14). The molecule has 0 radical (unpaired) electrons. The predicted octanol–water partition coefficient (Wildman–Crippen LogP) is 1.85. The van der Waals surface area contributed by atoms with E-state index in [0.29, 0.717) is 11.0 Å². The monoisotopic (exact) mass is 227 g/mol. The smallest absolute Gasteiger partial charge is 0.147 e. The number of hydrogen-bond acceptors (Lipinski definition) is 4. The second kappa shape index (κ2) is 4.77. The third-order valence-corrected chi connectivity index (χ3v) is 2.88. The molecule has 5 heteroatoms. The zero-order chi connectivity index (χ0) is 10.7. The van der Waals surface area contributed by atoms with Crippen LogP contribution in [-0.4, -0.2) is 27.2 Å². The van der Waals surface area contributed by atoms with E-state index in [1.807, 2.05) is 0 Å². The summed E-state index contributed by atoms with van der Waals surface area (Å²) < 4.78 is 0. The van der Waals surface area contributed by atoms with Crippen LogP contribution in [0.3, 0.4) is 0 Å². The van der Waals surface area contributed by atoms with Gasteiger partial charge >= 0.3 is 0 Å². The van der Waals surface area contributed by atoms with E-state index in [1.54, 1.807) is 6.20 Å². The number of aliphatic hydroxyl groups excluding tert-OH is 1. The Bertz CT molecular complexity index is 317. The number of nitrogens with one attached hydrogen (secondary N) is 1. The highest BCUT2D eigenvalue weighted by Gasteiger charge is 2.22. The van der Waals surface area contributed by atoms with E-state index in [4.69, 9.17) is 11.6 Å². The Balaban J connectivity index is 1.98. The molecule has 2 rings (SSSR count). The molecule has 1 aromatic heterocycles. The lowest BCUT2D eigenvalue weighted by atomic mass is 9.93. The van der Waals surface area contributed by atoms with Crippen molar-refractivity contribution in [1.82, 2.24) is 9.97 Å². The number of rotatable bonds is 2. The predicted molar refractivity (Wildman–Crippen MR) is 58.9 cm³/mol.